The number of aromatic nitrogens is 1. The van der Waals surface area contributed by atoms with Crippen molar-refractivity contribution >= 4 is 29.6 Å². The van der Waals surface area contributed by atoms with E-state index in [1.165, 1.54) is 12.1 Å². The fourth-order valence-electron chi connectivity index (χ4n) is 1.22. The average molecular weight is 268 g/mol. The van der Waals surface area contributed by atoms with Crippen LogP contribution >= 0.6 is 23.4 Å². The van der Waals surface area contributed by atoms with Gasteiger partial charge in [0, 0.05) is 16.7 Å². The zero-order valence-corrected chi connectivity index (χ0v) is 10.1. The van der Waals surface area contributed by atoms with Gasteiger partial charge >= 0.3 is 0 Å². The van der Waals surface area contributed by atoms with Gasteiger partial charge in [-0.05, 0) is 24.3 Å². The van der Waals surface area contributed by atoms with Crippen molar-refractivity contribution in [2.45, 2.75) is 9.92 Å². The molecule has 2 rings (SSSR count). The van der Waals surface area contributed by atoms with Crippen LogP contribution in [0.25, 0.3) is 0 Å². The molecule has 2 aromatic rings. The van der Waals surface area contributed by atoms with Crippen LogP contribution in [0, 0.1) is 5.82 Å². The third-order valence-corrected chi connectivity index (χ3v) is 3.51. The van der Waals surface area contributed by atoms with Crippen LogP contribution in [0.2, 0.25) is 5.02 Å². The Kier molecular flexibility index (Phi) is 3.76. The van der Waals surface area contributed by atoms with Gasteiger partial charge in [0.25, 0.3) is 0 Å². The van der Waals surface area contributed by atoms with Crippen molar-refractivity contribution in [2.75, 3.05) is 0 Å². The number of halogens is 2. The van der Waals surface area contributed by atoms with Crippen LogP contribution in [0.3, 0.4) is 0 Å². The van der Waals surface area contributed by atoms with Gasteiger partial charge in [-0.3, -0.25) is 4.79 Å². The number of carbonyl (C=O) groups is 1. The van der Waals surface area contributed by atoms with Crippen LogP contribution in [0.4, 0.5) is 4.39 Å². The Balaban J connectivity index is 2.31. The molecule has 1 heterocycles. The second-order valence-corrected chi connectivity index (χ2v) is 4.64. The Bertz CT molecular complexity index is 562. The summed E-state index contributed by atoms with van der Waals surface area (Å²) >= 11 is 7.05. The van der Waals surface area contributed by atoms with E-state index in [9.17, 15) is 9.18 Å². The first-order chi connectivity index (χ1) is 8.20. The first-order valence-corrected chi connectivity index (χ1v) is 5.93. The lowest BCUT2D eigenvalue weighted by atomic mass is 10.2. The molecule has 0 aliphatic heterocycles. The molecule has 2 nitrogen and oxygen atoms in total. The van der Waals surface area contributed by atoms with Gasteiger partial charge in [-0.25, -0.2) is 9.37 Å². The van der Waals surface area contributed by atoms with E-state index in [1.54, 1.807) is 24.4 Å². The molecule has 86 valence electrons. The Morgan fingerprint density at radius 2 is 2.18 bits per heavy atom. The summed E-state index contributed by atoms with van der Waals surface area (Å²) in [7, 11) is 0. The largest absolute Gasteiger partial charge is 0.298 e. The van der Waals surface area contributed by atoms with E-state index >= 15 is 0 Å². The fourth-order valence-corrected chi connectivity index (χ4v) is 2.24. The minimum atomic E-state index is -0.457. The lowest BCUT2D eigenvalue weighted by Gasteiger charge is -2.04. The molecule has 1 aromatic carbocycles. The van der Waals surface area contributed by atoms with Crippen LogP contribution in [0.15, 0.2) is 46.5 Å². The lowest BCUT2D eigenvalue weighted by molar-refractivity contribution is 0.112. The summed E-state index contributed by atoms with van der Waals surface area (Å²) in [6.45, 7) is 0. The molecule has 0 unspecified atom stereocenters. The van der Waals surface area contributed by atoms with Gasteiger partial charge in [-0.15, -0.1) is 0 Å². The smallest absolute Gasteiger partial charge is 0.150 e. The molecule has 0 radical (unpaired) electrons. The van der Waals surface area contributed by atoms with E-state index in [1.807, 2.05) is 0 Å². The molecule has 0 spiro atoms. The summed E-state index contributed by atoms with van der Waals surface area (Å²) in [6, 6.07) is 7.67. The average Bonchev–Trinajstić information content (AvgIpc) is 2.34. The Morgan fingerprint density at radius 1 is 1.35 bits per heavy atom. The molecule has 0 fully saturated rings. The van der Waals surface area contributed by atoms with Gasteiger partial charge in [-0.2, -0.15) is 0 Å². The molecule has 17 heavy (non-hydrogen) atoms. The first kappa shape index (κ1) is 12.1. The standard InChI is InChI=1S/C12H7ClFNOS/c13-9-2-1-5-15-12(9)17-11-4-3-8(7-16)6-10(11)14/h1-7H. The predicted molar refractivity (Wildman–Crippen MR) is 65.2 cm³/mol. The van der Waals surface area contributed by atoms with Gasteiger partial charge in [-0.1, -0.05) is 29.4 Å². The second kappa shape index (κ2) is 5.29. The molecular weight excluding hydrogens is 261 g/mol. The van der Waals surface area contributed by atoms with Crippen LogP contribution < -0.4 is 0 Å². The van der Waals surface area contributed by atoms with E-state index in [4.69, 9.17) is 11.6 Å². The van der Waals surface area contributed by atoms with Gasteiger partial charge in [0.2, 0.25) is 0 Å². The molecule has 0 bridgehead atoms. The summed E-state index contributed by atoms with van der Waals surface area (Å²) in [4.78, 5) is 14.9. The van der Waals surface area contributed by atoms with Crippen molar-refractivity contribution in [3.8, 4) is 0 Å². The maximum absolute atomic E-state index is 13.6. The molecule has 0 saturated heterocycles. The number of nitrogens with zero attached hydrogens (tertiary/aromatic N) is 1. The molecule has 1 aromatic heterocycles. The third-order valence-electron chi connectivity index (χ3n) is 2.02. The van der Waals surface area contributed by atoms with Gasteiger partial charge in [0.1, 0.15) is 17.1 Å². The number of carbonyl (C=O) groups excluding carboxylic acids is 1. The molecule has 0 aliphatic rings. The van der Waals surface area contributed by atoms with Crippen molar-refractivity contribution in [3.63, 3.8) is 0 Å². The molecule has 0 atom stereocenters. The highest BCUT2D eigenvalue weighted by Crippen LogP contribution is 2.32. The molecular formula is C12H7ClFNOS. The number of rotatable bonds is 3. The Labute approximate surface area is 107 Å². The van der Waals surface area contributed by atoms with Crippen molar-refractivity contribution < 1.29 is 9.18 Å². The lowest BCUT2D eigenvalue weighted by Crippen LogP contribution is -1.87. The third kappa shape index (κ3) is 2.84. The number of aldehydes is 1. The quantitative estimate of drug-likeness (QED) is 0.792. The second-order valence-electron chi connectivity index (χ2n) is 3.20. The van der Waals surface area contributed by atoms with Crippen LogP contribution in [0.1, 0.15) is 10.4 Å². The summed E-state index contributed by atoms with van der Waals surface area (Å²) in [5.41, 5.74) is 0.305. The van der Waals surface area contributed by atoms with Crippen molar-refractivity contribution in [3.05, 3.63) is 52.9 Å². The van der Waals surface area contributed by atoms with E-state index in [-0.39, 0.29) is 0 Å². The van der Waals surface area contributed by atoms with E-state index in [0.29, 0.717) is 26.8 Å². The highest BCUT2D eigenvalue weighted by molar-refractivity contribution is 7.99. The molecule has 0 N–H and O–H groups in total. The topological polar surface area (TPSA) is 30.0 Å². The summed E-state index contributed by atoms with van der Waals surface area (Å²) in [5.74, 6) is -0.457. The summed E-state index contributed by atoms with van der Waals surface area (Å²) in [5, 5.41) is 1.00. The van der Waals surface area contributed by atoms with E-state index in [2.05, 4.69) is 4.98 Å². The number of hydrogen-bond acceptors (Lipinski definition) is 3. The minimum Gasteiger partial charge on any atom is -0.298 e. The van der Waals surface area contributed by atoms with Crippen LogP contribution in [-0.2, 0) is 0 Å². The Morgan fingerprint density at radius 3 is 2.82 bits per heavy atom. The van der Waals surface area contributed by atoms with Gasteiger partial charge in [0.05, 0.1) is 5.02 Å². The zero-order valence-electron chi connectivity index (χ0n) is 8.56. The highest BCUT2D eigenvalue weighted by Gasteiger charge is 2.08. The van der Waals surface area contributed by atoms with E-state index < -0.39 is 5.82 Å². The van der Waals surface area contributed by atoms with Crippen LogP contribution in [-0.4, -0.2) is 11.3 Å². The Hall–Kier alpha value is -1.39. The molecule has 5 heteroatoms. The number of hydrogen-bond donors (Lipinski definition) is 0. The molecule has 0 amide bonds. The van der Waals surface area contributed by atoms with Crippen molar-refractivity contribution in [1.82, 2.24) is 4.98 Å². The number of benzene rings is 1. The van der Waals surface area contributed by atoms with Crippen molar-refractivity contribution in [1.29, 1.82) is 0 Å². The van der Waals surface area contributed by atoms with Gasteiger partial charge in [0.15, 0.2) is 0 Å². The summed E-state index contributed by atoms with van der Waals surface area (Å²) < 4.78 is 13.6. The molecule has 0 saturated carbocycles. The fraction of sp³-hybridized carbons (Fsp3) is 0. The van der Waals surface area contributed by atoms with Gasteiger partial charge < -0.3 is 0 Å². The maximum Gasteiger partial charge on any atom is 0.150 e. The number of pyridine rings is 1. The van der Waals surface area contributed by atoms with E-state index in [0.717, 1.165) is 11.8 Å². The first-order valence-electron chi connectivity index (χ1n) is 4.74. The van der Waals surface area contributed by atoms with Crippen LogP contribution in [0.5, 0.6) is 0 Å². The monoisotopic (exact) mass is 267 g/mol. The maximum atomic E-state index is 13.6. The minimum absolute atomic E-state index is 0.305. The predicted octanol–water partition coefficient (Wildman–Crippen LogP) is 3.84. The van der Waals surface area contributed by atoms with Crippen molar-refractivity contribution in [2.24, 2.45) is 0 Å². The summed E-state index contributed by atoms with van der Waals surface area (Å²) in [6.07, 6.45) is 2.19. The SMILES string of the molecule is O=Cc1ccc(Sc2ncccc2Cl)c(F)c1. The normalized spacial score (nSPS) is 10.2. The highest BCUT2D eigenvalue weighted by atomic mass is 35.5. The zero-order chi connectivity index (χ0) is 12.3. The molecule has 0 aliphatic carbocycles.